The lowest BCUT2D eigenvalue weighted by Gasteiger charge is -2.34. The molecule has 0 spiro atoms. The number of hydrogen-bond acceptors (Lipinski definition) is 5. The Hall–Kier alpha value is -2.93. The number of carbonyl (C=O) groups excluding carboxylic acids is 2. The minimum atomic E-state index is -0.399. The Kier molecular flexibility index (Phi) is 6.70. The molecule has 2 aliphatic rings. The second-order valence-corrected chi connectivity index (χ2v) is 9.88. The number of anilines is 1. The number of fused-ring (bicyclic) bond motifs is 3. The van der Waals surface area contributed by atoms with Crippen molar-refractivity contribution < 1.29 is 9.59 Å². The predicted octanol–water partition coefficient (Wildman–Crippen LogP) is 5.46. The summed E-state index contributed by atoms with van der Waals surface area (Å²) in [5.74, 6) is 0.543. The molecule has 0 radical (unpaired) electrons. The van der Waals surface area contributed by atoms with E-state index < -0.39 is 6.04 Å². The molecular formula is C26H30N4O2S. The lowest BCUT2D eigenvalue weighted by molar-refractivity contribution is -0.120. The van der Waals surface area contributed by atoms with E-state index in [1.807, 2.05) is 68.1 Å². The summed E-state index contributed by atoms with van der Waals surface area (Å²) in [5.41, 5.74) is 4.57. The largest absolute Gasteiger partial charge is 0.325 e. The molecule has 0 aliphatic carbocycles. The molecule has 3 atom stereocenters. The Labute approximate surface area is 199 Å². The number of nitrogens with zero attached hydrogens (tertiary/aromatic N) is 3. The second-order valence-electron chi connectivity index (χ2n) is 8.71. The smallest absolute Gasteiger partial charge is 0.271 e. The van der Waals surface area contributed by atoms with Crippen molar-refractivity contribution in [2.45, 2.75) is 58.8 Å². The molecule has 4 rings (SSSR count). The number of hydrogen-bond donors (Lipinski definition) is 1. The summed E-state index contributed by atoms with van der Waals surface area (Å²) in [4.78, 5) is 37.5. The molecule has 172 valence electrons. The molecule has 3 unspecified atom stereocenters. The molecular weight excluding hydrogens is 432 g/mol. The Morgan fingerprint density at radius 1 is 1.12 bits per heavy atom. The van der Waals surface area contributed by atoms with Crippen LogP contribution in [0.4, 0.5) is 11.4 Å². The number of thioether (sulfide) groups is 1. The van der Waals surface area contributed by atoms with Crippen LogP contribution in [0, 0.1) is 19.8 Å². The zero-order chi connectivity index (χ0) is 23.7. The van der Waals surface area contributed by atoms with Crippen LogP contribution in [0.2, 0.25) is 0 Å². The van der Waals surface area contributed by atoms with Gasteiger partial charge in [0.2, 0.25) is 5.91 Å². The summed E-state index contributed by atoms with van der Waals surface area (Å²) in [6, 6.07) is 13.4. The lowest BCUT2D eigenvalue weighted by Crippen LogP contribution is -2.47. The SMILES string of the molecule is CCC(SC1=Nc2ccccc2C2=NC(=O)C(C(C)CC)N12)C(=O)Nc1cc(C)ccc1C. The Morgan fingerprint density at radius 2 is 1.88 bits per heavy atom. The maximum Gasteiger partial charge on any atom is 0.271 e. The van der Waals surface area contributed by atoms with Crippen LogP contribution in [-0.2, 0) is 9.59 Å². The zero-order valence-electron chi connectivity index (χ0n) is 19.8. The van der Waals surface area contributed by atoms with Crippen molar-refractivity contribution >= 4 is 46.0 Å². The molecule has 0 saturated heterocycles. The van der Waals surface area contributed by atoms with Gasteiger partial charge in [-0.25, -0.2) is 4.99 Å². The summed E-state index contributed by atoms with van der Waals surface area (Å²) in [6.45, 7) is 10.1. The first kappa shape index (κ1) is 23.2. The molecule has 33 heavy (non-hydrogen) atoms. The Balaban J connectivity index is 1.66. The van der Waals surface area contributed by atoms with Crippen LogP contribution < -0.4 is 5.32 Å². The van der Waals surface area contributed by atoms with Gasteiger partial charge in [0, 0.05) is 11.3 Å². The summed E-state index contributed by atoms with van der Waals surface area (Å²) < 4.78 is 0. The van der Waals surface area contributed by atoms with E-state index in [1.54, 1.807) is 0 Å². The van der Waals surface area contributed by atoms with Gasteiger partial charge in [-0.3, -0.25) is 14.5 Å². The van der Waals surface area contributed by atoms with Crippen molar-refractivity contribution in [3.8, 4) is 0 Å². The number of nitrogens with one attached hydrogen (secondary N) is 1. The van der Waals surface area contributed by atoms with Crippen LogP contribution in [0.5, 0.6) is 0 Å². The van der Waals surface area contributed by atoms with Gasteiger partial charge in [-0.2, -0.15) is 4.99 Å². The molecule has 1 N–H and O–H groups in total. The highest BCUT2D eigenvalue weighted by Gasteiger charge is 2.44. The van der Waals surface area contributed by atoms with E-state index in [1.165, 1.54) is 11.8 Å². The Bertz CT molecular complexity index is 1160. The van der Waals surface area contributed by atoms with E-state index >= 15 is 0 Å². The average Bonchev–Trinajstić information content (AvgIpc) is 3.16. The van der Waals surface area contributed by atoms with Crippen molar-refractivity contribution in [1.29, 1.82) is 0 Å². The fourth-order valence-corrected chi connectivity index (χ4v) is 5.17. The molecule has 0 fully saturated rings. The Morgan fingerprint density at radius 3 is 2.61 bits per heavy atom. The third kappa shape index (κ3) is 4.47. The summed E-state index contributed by atoms with van der Waals surface area (Å²) in [5, 5.41) is 3.39. The fourth-order valence-electron chi connectivity index (χ4n) is 4.12. The average molecular weight is 463 g/mol. The van der Waals surface area contributed by atoms with Crippen LogP contribution >= 0.6 is 11.8 Å². The maximum absolute atomic E-state index is 13.3. The van der Waals surface area contributed by atoms with Gasteiger partial charge in [0.05, 0.1) is 10.9 Å². The summed E-state index contributed by atoms with van der Waals surface area (Å²) in [6.07, 6.45) is 1.48. The van der Waals surface area contributed by atoms with E-state index in [0.29, 0.717) is 17.4 Å². The highest BCUT2D eigenvalue weighted by atomic mass is 32.2. The molecule has 2 aromatic rings. The highest BCUT2D eigenvalue weighted by molar-refractivity contribution is 8.15. The number of carbonyl (C=O) groups is 2. The van der Waals surface area contributed by atoms with E-state index in [9.17, 15) is 9.59 Å². The first-order valence-corrected chi connectivity index (χ1v) is 12.4. The molecule has 0 saturated carbocycles. The van der Waals surface area contributed by atoms with Crippen molar-refractivity contribution in [2.75, 3.05) is 5.32 Å². The molecule has 2 heterocycles. The number of amidine groups is 2. The fraction of sp³-hybridized carbons (Fsp3) is 0.385. The first-order valence-electron chi connectivity index (χ1n) is 11.5. The molecule has 0 bridgehead atoms. The van der Waals surface area contributed by atoms with Crippen LogP contribution in [0.3, 0.4) is 0 Å². The standard InChI is InChI=1S/C26H30N4O2S/c1-6-16(4)22-25(32)29-23-18-10-8-9-11-19(18)28-26(30(22)23)33-21(7-2)24(31)27-20-14-15(3)12-13-17(20)5/h8-14,16,21-22H,6-7H2,1-5H3,(H,27,31). The van der Waals surface area contributed by atoms with Crippen molar-refractivity contribution in [3.05, 3.63) is 59.2 Å². The van der Waals surface area contributed by atoms with Crippen LogP contribution in [0.15, 0.2) is 52.4 Å². The molecule has 7 heteroatoms. The zero-order valence-corrected chi connectivity index (χ0v) is 20.6. The van der Waals surface area contributed by atoms with Gasteiger partial charge in [0.25, 0.3) is 5.91 Å². The van der Waals surface area contributed by atoms with E-state index in [4.69, 9.17) is 4.99 Å². The number of para-hydroxylation sites is 1. The van der Waals surface area contributed by atoms with Gasteiger partial charge in [0.15, 0.2) is 5.17 Å². The number of aliphatic imine (C=N–C) groups is 2. The van der Waals surface area contributed by atoms with Gasteiger partial charge >= 0.3 is 0 Å². The number of benzene rings is 2. The van der Waals surface area contributed by atoms with Crippen LogP contribution in [-0.4, -0.2) is 39.0 Å². The topological polar surface area (TPSA) is 74.1 Å². The number of rotatable bonds is 6. The van der Waals surface area contributed by atoms with Gasteiger partial charge in [0.1, 0.15) is 11.9 Å². The molecule has 2 amide bonds. The normalized spacial score (nSPS) is 18.8. The predicted molar refractivity (Wildman–Crippen MR) is 136 cm³/mol. The monoisotopic (exact) mass is 462 g/mol. The number of amides is 2. The van der Waals surface area contributed by atoms with Gasteiger partial charge in [-0.05, 0) is 55.5 Å². The molecule has 0 aromatic heterocycles. The van der Waals surface area contributed by atoms with Crippen LogP contribution in [0.25, 0.3) is 0 Å². The van der Waals surface area contributed by atoms with Crippen molar-refractivity contribution in [1.82, 2.24) is 4.90 Å². The minimum Gasteiger partial charge on any atom is -0.325 e. The van der Waals surface area contributed by atoms with E-state index in [2.05, 4.69) is 24.2 Å². The lowest BCUT2D eigenvalue weighted by atomic mass is 9.97. The summed E-state index contributed by atoms with van der Waals surface area (Å²) in [7, 11) is 0. The molecule has 6 nitrogen and oxygen atoms in total. The van der Waals surface area contributed by atoms with E-state index in [-0.39, 0.29) is 23.0 Å². The summed E-state index contributed by atoms with van der Waals surface area (Å²) >= 11 is 1.41. The third-order valence-corrected chi connectivity index (χ3v) is 7.62. The van der Waals surface area contributed by atoms with Gasteiger partial charge in [-0.15, -0.1) is 0 Å². The first-order chi connectivity index (χ1) is 15.8. The quantitative estimate of drug-likeness (QED) is 0.619. The maximum atomic E-state index is 13.3. The van der Waals surface area contributed by atoms with Crippen molar-refractivity contribution in [3.63, 3.8) is 0 Å². The molecule has 2 aromatic carbocycles. The minimum absolute atomic E-state index is 0.0677. The number of aryl methyl sites for hydroxylation is 2. The van der Waals surface area contributed by atoms with Crippen molar-refractivity contribution in [2.24, 2.45) is 15.9 Å². The van der Waals surface area contributed by atoms with Gasteiger partial charge in [-0.1, -0.05) is 63.2 Å². The third-order valence-electron chi connectivity index (χ3n) is 6.29. The van der Waals surface area contributed by atoms with Gasteiger partial charge < -0.3 is 5.32 Å². The van der Waals surface area contributed by atoms with E-state index in [0.717, 1.165) is 34.5 Å². The second kappa shape index (κ2) is 9.51. The van der Waals surface area contributed by atoms with Crippen LogP contribution in [0.1, 0.15) is 50.3 Å². The highest BCUT2D eigenvalue weighted by Crippen LogP contribution is 2.38. The molecule has 2 aliphatic heterocycles.